The lowest BCUT2D eigenvalue weighted by Crippen LogP contribution is -2.13. The lowest BCUT2D eigenvalue weighted by molar-refractivity contribution is -0.149. The summed E-state index contributed by atoms with van der Waals surface area (Å²) in [5.41, 5.74) is 0.00107. The minimum Gasteiger partial charge on any atom is -0.507 e. The third kappa shape index (κ3) is 3.04. The molecule has 0 aliphatic carbocycles. The molecule has 5 nitrogen and oxygen atoms in total. The standard InChI is InChI=1S/C11H9FO5/c1-17-11(16)10(15)5-8(13)6-2-3-7(12)9(14)4-6/h2-5,13-14H,1H3. The highest BCUT2D eigenvalue weighted by atomic mass is 19.1. The molecule has 0 aromatic heterocycles. The third-order valence-electron chi connectivity index (χ3n) is 1.90. The van der Waals surface area contributed by atoms with Gasteiger partial charge in [0, 0.05) is 11.6 Å². The van der Waals surface area contributed by atoms with Crippen LogP contribution < -0.4 is 0 Å². The number of aromatic hydroxyl groups is 1. The highest BCUT2D eigenvalue weighted by Crippen LogP contribution is 2.20. The Bertz CT molecular complexity index is 493. The van der Waals surface area contributed by atoms with Gasteiger partial charge in [-0.05, 0) is 18.2 Å². The molecule has 0 aliphatic heterocycles. The number of ketones is 1. The van der Waals surface area contributed by atoms with Crippen molar-refractivity contribution in [2.24, 2.45) is 0 Å². The minimum absolute atomic E-state index is 0.00107. The van der Waals surface area contributed by atoms with E-state index in [-0.39, 0.29) is 5.56 Å². The number of aliphatic hydroxyl groups is 1. The molecule has 17 heavy (non-hydrogen) atoms. The largest absolute Gasteiger partial charge is 0.507 e. The zero-order valence-electron chi connectivity index (χ0n) is 8.81. The number of carbonyl (C=O) groups is 2. The number of rotatable bonds is 3. The number of esters is 1. The molecule has 0 saturated heterocycles. The maximum Gasteiger partial charge on any atom is 0.378 e. The molecule has 0 radical (unpaired) electrons. The summed E-state index contributed by atoms with van der Waals surface area (Å²) >= 11 is 0. The summed E-state index contributed by atoms with van der Waals surface area (Å²) in [6.45, 7) is 0. The number of aliphatic hydroxyl groups excluding tert-OH is 1. The molecule has 1 aromatic rings. The van der Waals surface area contributed by atoms with E-state index in [0.717, 1.165) is 25.3 Å². The summed E-state index contributed by atoms with van der Waals surface area (Å²) in [7, 11) is 1.02. The normalized spacial score (nSPS) is 11.1. The van der Waals surface area contributed by atoms with Gasteiger partial charge < -0.3 is 14.9 Å². The van der Waals surface area contributed by atoms with Crippen LogP contribution in [0.4, 0.5) is 4.39 Å². The molecule has 0 spiro atoms. The quantitative estimate of drug-likeness (QED) is 0.358. The maximum absolute atomic E-state index is 12.7. The first-order valence-corrected chi connectivity index (χ1v) is 4.47. The van der Waals surface area contributed by atoms with Crippen LogP contribution >= 0.6 is 0 Å². The Morgan fingerprint density at radius 3 is 2.59 bits per heavy atom. The second kappa shape index (κ2) is 5.11. The number of phenolic OH excluding ortho intramolecular Hbond substituents is 1. The van der Waals surface area contributed by atoms with Crippen molar-refractivity contribution in [3.8, 4) is 5.75 Å². The van der Waals surface area contributed by atoms with Crippen molar-refractivity contribution in [1.82, 2.24) is 0 Å². The topological polar surface area (TPSA) is 83.8 Å². The van der Waals surface area contributed by atoms with Gasteiger partial charge in [-0.25, -0.2) is 9.18 Å². The van der Waals surface area contributed by atoms with Crippen molar-refractivity contribution in [2.75, 3.05) is 7.11 Å². The van der Waals surface area contributed by atoms with Crippen LogP contribution in [0, 0.1) is 5.82 Å². The van der Waals surface area contributed by atoms with Crippen molar-refractivity contribution in [3.63, 3.8) is 0 Å². The van der Waals surface area contributed by atoms with Gasteiger partial charge in [0.25, 0.3) is 5.78 Å². The highest BCUT2D eigenvalue weighted by Gasteiger charge is 2.13. The first-order valence-electron chi connectivity index (χ1n) is 4.47. The first-order chi connectivity index (χ1) is 7.95. The van der Waals surface area contributed by atoms with Gasteiger partial charge in [-0.1, -0.05) is 0 Å². The SMILES string of the molecule is COC(=O)C(=O)C=C(O)c1ccc(F)c(O)c1. The molecule has 0 aliphatic rings. The average Bonchev–Trinajstić information content (AvgIpc) is 2.31. The number of phenols is 1. The molecule has 0 heterocycles. The van der Waals surface area contributed by atoms with E-state index in [4.69, 9.17) is 5.11 Å². The van der Waals surface area contributed by atoms with Gasteiger partial charge in [0.1, 0.15) is 5.76 Å². The van der Waals surface area contributed by atoms with Crippen LogP contribution in [0.3, 0.4) is 0 Å². The summed E-state index contributed by atoms with van der Waals surface area (Å²) in [4.78, 5) is 21.8. The summed E-state index contributed by atoms with van der Waals surface area (Å²) < 4.78 is 16.9. The fraction of sp³-hybridized carbons (Fsp3) is 0.0909. The lowest BCUT2D eigenvalue weighted by Gasteiger charge is -2.01. The molecular weight excluding hydrogens is 231 g/mol. The molecule has 0 atom stereocenters. The highest BCUT2D eigenvalue weighted by molar-refractivity contribution is 6.39. The van der Waals surface area contributed by atoms with E-state index < -0.39 is 29.1 Å². The maximum atomic E-state index is 12.7. The second-order valence-electron chi connectivity index (χ2n) is 3.05. The van der Waals surface area contributed by atoms with E-state index in [1.165, 1.54) is 0 Å². The van der Waals surface area contributed by atoms with Crippen LogP contribution in [0.25, 0.3) is 5.76 Å². The minimum atomic E-state index is -1.14. The van der Waals surface area contributed by atoms with Crippen molar-refractivity contribution in [2.45, 2.75) is 0 Å². The zero-order valence-corrected chi connectivity index (χ0v) is 8.81. The Labute approximate surface area is 95.8 Å². The molecular formula is C11H9FO5. The molecule has 6 heteroatoms. The summed E-state index contributed by atoms with van der Waals surface area (Å²) in [5, 5.41) is 18.5. The Balaban J connectivity index is 3.00. The van der Waals surface area contributed by atoms with Crippen LogP contribution in [0.5, 0.6) is 5.75 Å². The van der Waals surface area contributed by atoms with Crippen LogP contribution in [0.1, 0.15) is 5.56 Å². The molecule has 0 bridgehead atoms. The smallest absolute Gasteiger partial charge is 0.378 e. The Morgan fingerprint density at radius 2 is 2.06 bits per heavy atom. The summed E-state index contributed by atoms with van der Waals surface area (Å²) in [5.74, 6) is -4.30. The van der Waals surface area contributed by atoms with E-state index in [2.05, 4.69) is 4.74 Å². The molecule has 1 aromatic carbocycles. The van der Waals surface area contributed by atoms with Crippen LogP contribution in [0.15, 0.2) is 24.3 Å². The Hall–Kier alpha value is -2.37. The van der Waals surface area contributed by atoms with Gasteiger partial charge in [-0.15, -0.1) is 0 Å². The zero-order chi connectivity index (χ0) is 13.0. The molecule has 0 amide bonds. The number of halogens is 1. The summed E-state index contributed by atoms with van der Waals surface area (Å²) in [6, 6.07) is 2.98. The molecule has 2 N–H and O–H groups in total. The average molecular weight is 240 g/mol. The first kappa shape index (κ1) is 12.7. The fourth-order valence-corrected chi connectivity index (χ4v) is 1.04. The Morgan fingerprint density at radius 1 is 1.41 bits per heavy atom. The predicted molar refractivity (Wildman–Crippen MR) is 55.7 cm³/mol. The van der Waals surface area contributed by atoms with Crippen molar-refractivity contribution >= 4 is 17.5 Å². The number of hydrogen-bond acceptors (Lipinski definition) is 5. The number of benzene rings is 1. The van der Waals surface area contributed by atoms with E-state index in [1.54, 1.807) is 0 Å². The van der Waals surface area contributed by atoms with E-state index in [9.17, 15) is 19.1 Å². The van der Waals surface area contributed by atoms with E-state index in [0.29, 0.717) is 6.08 Å². The van der Waals surface area contributed by atoms with Gasteiger partial charge >= 0.3 is 5.97 Å². The van der Waals surface area contributed by atoms with Gasteiger partial charge in [0.2, 0.25) is 0 Å². The van der Waals surface area contributed by atoms with Crippen LogP contribution in [0.2, 0.25) is 0 Å². The van der Waals surface area contributed by atoms with Crippen molar-refractivity contribution in [3.05, 3.63) is 35.7 Å². The van der Waals surface area contributed by atoms with Gasteiger partial charge in [-0.3, -0.25) is 4.79 Å². The van der Waals surface area contributed by atoms with Crippen molar-refractivity contribution in [1.29, 1.82) is 0 Å². The second-order valence-corrected chi connectivity index (χ2v) is 3.05. The van der Waals surface area contributed by atoms with Crippen LogP contribution in [-0.4, -0.2) is 29.1 Å². The molecule has 0 unspecified atom stereocenters. The molecule has 90 valence electrons. The number of carbonyl (C=O) groups excluding carboxylic acids is 2. The summed E-state index contributed by atoms with van der Waals surface area (Å²) in [6.07, 6.45) is 0.624. The van der Waals surface area contributed by atoms with Crippen molar-refractivity contribution < 1.29 is 28.9 Å². The number of ether oxygens (including phenoxy) is 1. The van der Waals surface area contributed by atoms with Crippen LogP contribution in [-0.2, 0) is 14.3 Å². The third-order valence-corrected chi connectivity index (χ3v) is 1.90. The number of methoxy groups -OCH3 is 1. The van der Waals surface area contributed by atoms with Gasteiger partial charge in [0.15, 0.2) is 11.6 Å². The van der Waals surface area contributed by atoms with E-state index in [1.807, 2.05) is 0 Å². The monoisotopic (exact) mass is 240 g/mol. The molecule has 0 saturated carbocycles. The predicted octanol–water partition coefficient (Wildman–Crippen LogP) is 1.17. The number of hydrogen-bond donors (Lipinski definition) is 2. The van der Waals surface area contributed by atoms with Gasteiger partial charge in [0.05, 0.1) is 7.11 Å². The molecule has 1 rings (SSSR count). The lowest BCUT2D eigenvalue weighted by atomic mass is 10.1. The molecule has 0 fully saturated rings. The Kier molecular flexibility index (Phi) is 3.82. The van der Waals surface area contributed by atoms with Gasteiger partial charge in [-0.2, -0.15) is 0 Å². The van der Waals surface area contributed by atoms with E-state index >= 15 is 0 Å². The fourth-order valence-electron chi connectivity index (χ4n) is 1.04.